The summed E-state index contributed by atoms with van der Waals surface area (Å²) in [6.45, 7) is 7.51. The summed E-state index contributed by atoms with van der Waals surface area (Å²) in [6.07, 6.45) is 2.60. The molecule has 0 unspecified atom stereocenters. The van der Waals surface area contributed by atoms with E-state index in [-0.39, 0.29) is 68.8 Å². The van der Waals surface area contributed by atoms with Gasteiger partial charge in [0.2, 0.25) is 5.88 Å². The average molecular weight is 380 g/mol. The van der Waals surface area contributed by atoms with Crippen molar-refractivity contribution in [2.45, 2.75) is 27.7 Å². The second kappa shape index (κ2) is 8.49. The topological polar surface area (TPSA) is 78.3 Å². The van der Waals surface area contributed by atoms with Crippen molar-refractivity contribution in [3.63, 3.8) is 0 Å². The van der Waals surface area contributed by atoms with E-state index in [1.807, 2.05) is 20.8 Å². The number of hydrogen-bond acceptors (Lipinski definition) is 4. The zero-order valence-corrected chi connectivity index (χ0v) is 18.5. The Morgan fingerprint density at radius 1 is 1.23 bits per heavy atom. The molecule has 3 aromatic heterocycles. The maximum Gasteiger partial charge on any atom is 1.00 e. The van der Waals surface area contributed by atoms with Crippen molar-refractivity contribution in [1.29, 1.82) is 0 Å². The number of aromatic amines is 1. The fraction of sp³-hybridized carbons (Fsp3) is 0.222. The molecular weight excluding hydrogens is 362 g/mol. The standard InChI is InChI=1S/C16H13FN4O2.C2H6.K/c1-8-5-10-11(20-8)3-4-13(14(10)17)23-16-15-9(2)12(22)6-21(15)19-7-18-16;1-2;/h3-7,20,22H,1-2H3;1-2H3;/q;;+1/p-1. The van der Waals surface area contributed by atoms with E-state index in [0.717, 1.165) is 5.69 Å². The van der Waals surface area contributed by atoms with Crippen LogP contribution in [0.3, 0.4) is 0 Å². The molecule has 0 spiro atoms. The molecular formula is C18H18FKN4O2. The number of H-pyrrole nitrogens is 1. The van der Waals surface area contributed by atoms with Gasteiger partial charge in [0.25, 0.3) is 0 Å². The fourth-order valence-corrected chi connectivity index (χ4v) is 2.65. The van der Waals surface area contributed by atoms with E-state index >= 15 is 0 Å². The zero-order valence-electron chi connectivity index (χ0n) is 15.4. The number of nitrogens with one attached hydrogen (secondary N) is 1. The Kier molecular flexibility index (Phi) is 6.81. The van der Waals surface area contributed by atoms with E-state index in [0.29, 0.717) is 22.0 Å². The van der Waals surface area contributed by atoms with Crippen molar-refractivity contribution in [3.05, 3.63) is 47.8 Å². The summed E-state index contributed by atoms with van der Waals surface area (Å²) in [5, 5.41) is 16.2. The van der Waals surface area contributed by atoms with Crippen LogP contribution in [0.5, 0.6) is 17.4 Å². The summed E-state index contributed by atoms with van der Waals surface area (Å²) in [4.78, 5) is 7.10. The Labute approximate surface area is 192 Å². The molecule has 130 valence electrons. The van der Waals surface area contributed by atoms with Crippen LogP contribution in [-0.4, -0.2) is 19.6 Å². The average Bonchev–Trinajstić information content (AvgIpc) is 3.13. The van der Waals surface area contributed by atoms with E-state index in [2.05, 4.69) is 15.1 Å². The molecule has 0 amide bonds. The molecule has 4 aromatic rings. The molecule has 0 atom stereocenters. The van der Waals surface area contributed by atoms with Crippen molar-refractivity contribution >= 4 is 16.4 Å². The minimum atomic E-state index is -0.477. The second-order valence-electron chi connectivity index (χ2n) is 5.37. The monoisotopic (exact) mass is 380 g/mol. The van der Waals surface area contributed by atoms with Gasteiger partial charge < -0.3 is 14.8 Å². The Balaban J connectivity index is 0.000000784. The molecule has 4 rings (SSSR count). The molecule has 3 heterocycles. The van der Waals surface area contributed by atoms with Crippen LogP contribution in [0, 0.1) is 19.7 Å². The number of nitrogens with zero attached hydrogens (tertiary/aromatic N) is 3. The molecule has 0 fully saturated rings. The van der Waals surface area contributed by atoms with Crippen LogP contribution in [0.1, 0.15) is 25.1 Å². The third-order valence-electron chi connectivity index (χ3n) is 3.79. The minimum absolute atomic E-state index is 0. The molecule has 0 aliphatic carbocycles. The molecule has 26 heavy (non-hydrogen) atoms. The van der Waals surface area contributed by atoms with Crippen molar-refractivity contribution in [1.82, 2.24) is 19.6 Å². The summed E-state index contributed by atoms with van der Waals surface area (Å²) in [6, 6.07) is 4.98. The maximum absolute atomic E-state index is 14.6. The largest absolute Gasteiger partial charge is 1.00 e. The van der Waals surface area contributed by atoms with Gasteiger partial charge in [-0.15, -0.1) is 0 Å². The number of aryl methyl sites for hydroxylation is 2. The van der Waals surface area contributed by atoms with E-state index in [1.54, 1.807) is 19.1 Å². The Morgan fingerprint density at radius 3 is 2.69 bits per heavy atom. The molecule has 0 radical (unpaired) electrons. The summed E-state index contributed by atoms with van der Waals surface area (Å²) >= 11 is 0. The van der Waals surface area contributed by atoms with Crippen LogP contribution in [-0.2, 0) is 0 Å². The van der Waals surface area contributed by atoms with E-state index in [1.165, 1.54) is 23.1 Å². The van der Waals surface area contributed by atoms with Crippen LogP contribution in [0.15, 0.2) is 30.7 Å². The normalized spacial score (nSPS) is 10.3. The van der Waals surface area contributed by atoms with Gasteiger partial charge in [-0.3, -0.25) is 0 Å². The third kappa shape index (κ3) is 3.65. The van der Waals surface area contributed by atoms with Gasteiger partial charge in [0.05, 0.1) is 0 Å². The van der Waals surface area contributed by atoms with Gasteiger partial charge in [0, 0.05) is 22.8 Å². The Morgan fingerprint density at radius 2 is 1.96 bits per heavy atom. The molecule has 0 saturated heterocycles. The molecule has 1 aromatic carbocycles. The summed E-state index contributed by atoms with van der Waals surface area (Å²) in [5.74, 6) is -0.460. The first-order valence-corrected chi connectivity index (χ1v) is 8.00. The second-order valence-corrected chi connectivity index (χ2v) is 5.37. The van der Waals surface area contributed by atoms with Crippen molar-refractivity contribution in [3.8, 4) is 17.4 Å². The number of aromatic nitrogens is 4. The van der Waals surface area contributed by atoms with Crippen LogP contribution < -0.4 is 61.2 Å². The molecule has 1 N–H and O–H groups in total. The smallest absolute Gasteiger partial charge is 0.871 e. The number of hydrogen-bond donors (Lipinski definition) is 1. The molecule has 0 aliphatic rings. The first kappa shape index (κ1) is 20.9. The van der Waals surface area contributed by atoms with Crippen LogP contribution in [0.2, 0.25) is 0 Å². The molecule has 0 aliphatic heterocycles. The number of benzene rings is 1. The van der Waals surface area contributed by atoms with E-state index in [9.17, 15) is 9.50 Å². The fourth-order valence-electron chi connectivity index (χ4n) is 2.65. The van der Waals surface area contributed by atoms with Crippen LogP contribution >= 0.6 is 0 Å². The quantitative estimate of drug-likeness (QED) is 0.523. The van der Waals surface area contributed by atoms with Crippen molar-refractivity contribution in [2.75, 3.05) is 0 Å². The predicted octanol–water partition coefficient (Wildman–Crippen LogP) is 0.863. The van der Waals surface area contributed by atoms with Gasteiger partial charge in [-0.05, 0) is 37.6 Å². The third-order valence-corrected chi connectivity index (χ3v) is 3.79. The predicted molar refractivity (Wildman–Crippen MR) is 91.6 cm³/mol. The Hall–Kier alpha value is -1.45. The molecule has 6 nitrogen and oxygen atoms in total. The van der Waals surface area contributed by atoms with Crippen LogP contribution in [0.25, 0.3) is 16.4 Å². The summed E-state index contributed by atoms with van der Waals surface area (Å²) in [7, 11) is 0. The van der Waals surface area contributed by atoms with Gasteiger partial charge in [0.1, 0.15) is 11.8 Å². The van der Waals surface area contributed by atoms with Gasteiger partial charge in [0.15, 0.2) is 11.6 Å². The van der Waals surface area contributed by atoms with Crippen molar-refractivity contribution < 1.29 is 65.6 Å². The van der Waals surface area contributed by atoms with Crippen LogP contribution in [0.4, 0.5) is 4.39 Å². The molecule has 0 bridgehead atoms. The van der Waals surface area contributed by atoms with Gasteiger partial charge >= 0.3 is 51.4 Å². The van der Waals surface area contributed by atoms with Gasteiger partial charge in [-0.2, -0.15) is 10.1 Å². The van der Waals surface area contributed by atoms with Gasteiger partial charge in [-0.1, -0.05) is 19.6 Å². The summed E-state index contributed by atoms with van der Waals surface area (Å²) in [5.41, 5.74) is 2.45. The number of rotatable bonds is 2. The first-order chi connectivity index (χ1) is 12.0. The van der Waals surface area contributed by atoms with Crippen molar-refractivity contribution in [2.24, 2.45) is 0 Å². The zero-order chi connectivity index (χ0) is 18.1. The minimum Gasteiger partial charge on any atom is -0.871 e. The summed E-state index contributed by atoms with van der Waals surface area (Å²) < 4.78 is 21.6. The molecule has 8 heteroatoms. The van der Waals surface area contributed by atoms with E-state index in [4.69, 9.17) is 4.74 Å². The molecule has 0 saturated carbocycles. The number of fused-ring (bicyclic) bond motifs is 2. The SMILES string of the molecule is CC.Cc1cc2c(F)c(Oc3ncnn4cc([O-])c(C)c34)ccc2[nH]1.[K+]. The van der Waals surface area contributed by atoms with E-state index < -0.39 is 5.82 Å². The number of ether oxygens (including phenoxy) is 1. The first-order valence-electron chi connectivity index (χ1n) is 8.00. The maximum atomic E-state index is 14.6. The number of halogens is 1. The van der Waals surface area contributed by atoms with Gasteiger partial charge in [-0.25, -0.2) is 8.91 Å². The Bertz CT molecular complexity index is 1060.